The van der Waals surface area contributed by atoms with Crippen molar-refractivity contribution in [3.8, 4) is 11.1 Å². The Kier molecular flexibility index (Phi) is 4.50. The standard InChI is InChI=1S/C22H21N3O2/c1-23-13-7-17(8-14-23)18-9-15-24(16-10-18)11-4-12-25-21(26)19-5-2-3-6-20(19)22(25)27/h2-3,5-10,13-16H,4,11-12H2,1H3/q+2. The van der Waals surface area contributed by atoms with Crippen LogP contribution in [0.2, 0.25) is 0 Å². The third kappa shape index (κ3) is 3.36. The summed E-state index contributed by atoms with van der Waals surface area (Å²) in [6.07, 6.45) is 8.84. The predicted octanol–water partition coefficient (Wildman–Crippen LogP) is 2.15. The lowest BCUT2D eigenvalue weighted by molar-refractivity contribution is -0.697. The molecule has 1 aliphatic heterocycles. The third-order valence-corrected chi connectivity index (χ3v) is 4.88. The number of nitrogens with zero attached hydrogens (tertiary/aromatic N) is 3. The van der Waals surface area contributed by atoms with E-state index in [1.165, 1.54) is 10.5 Å². The van der Waals surface area contributed by atoms with E-state index in [1.54, 1.807) is 24.3 Å². The molecule has 1 aromatic carbocycles. The maximum atomic E-state index is 12.4. The van der Waals surface area contributed by atoms with Gasteiger partial charge in [0, 0.05) is 37.2 Å². The van der Waals surface area contributed by atoms with Crippen LogP contribution in [0.1, 0.15) is 27.1 Å². The van der Waals surface area contributed by atoms with Gasteiger partial charge in [0.2, 0.25) is 0 Å². The molecular formula is C22H21N3O2+2. The van der Waals surface area contributed by atoms with E-state index < -0.39 is 0 Å². The summed E-state index contributed by atoms with van der Waals surface area (Å²) in [6.45, 7) is 1.17. The van der Waals surface area contributed by atoms with Crippen molar-refractivity contribution in [1.82, 2.24) is 4.90 Å². The molecule has 2 aromatic heterocycles. The first-order chi connectivity index (χ1) is 13.1. The molecule has 5 nitrogen and oxygen atoms in total. The quantitative estimate of drug-likeness (QED) is 0.518. The smallest absolute Gasteiger partial charge is 0.261 e. The van der Waals surface area contributed by atoms with Gasteiger partial charge in [-0.05, 0) is 23.3 Å². The number of carbonyl (C=O) groups is 2. The molecular weight excluding hydrogens is 338 g/mol. The SMILES string of the molecule is C[n+]1ccc(-c2cc[n+](CCCN3C(=O)c4ccccc4C3=O)cc2)cc1. The third-order valence-electron chi connectivity index (χ3n) is 4.88. The molecule has 0 atom stereocenters. The molecule has 0 fully saturated rings. The maximum absolute atomic E-state index is 12.4. The number of hydrogen-bond acceptors (Lipinski definition) is 2. The lowest BCUT2D eigenvalue weighted by Crippen LogP contribution is -2.37. The molecule has 0 radical (unpaired) electrons. The van der Waals surface area contributed by atoms with Gasteiger partial charge in [0.05, 0.1) is 11.1 Å². The van der Waals surface area contributed by atoms with Gasteiger partial charge in [-0.2, -0.15) is 0 Å². The Morgan fingerprint density at radius 2 is 1.30 bits per heavy atom. The minimum Gasteiger partial charge on any atom is -0.274 e. The normalized spacial score (nSPS) is 13.1. The Balaban J connectivity index is 1.37. The predicted molar refractivity (Wildman–Crippen MR) is 99.7 cm³/mol. The molecule has 0 saturated carbocycles. The number of aromatic nitrogens is 2. The molecule has 0 N–H and O–H groups in total. The average Bonchev–Trinajstić information content (AvgIpc) is 2.94. The fraction of sp³-hybridized carbons (Fsp3) is 0.182. The zero-order chi connectivity index (χ0) is 18.8. The summed E-state index contributed by atoms with van der Waals surface area (Å²) in [5, 5.41) is 0. The molecule has 3 aromatic rings. The van der Waals surface area contributed by atoms with E-state index in [2.05, 4.69) is 28.8 Å². The summed E-state index contributed by atoms with van der Waals surface area (Å²) in [6, 6.07) is 15.3. The number of pyridine rings is 2. The monoisotopic (exact) mass is 359 g/mol. The first-order valence-electron chi connectivity index (χ1n) is 9.03. The van der Waals surface area contributed by atoms with Crippen molar-refractivity contribution in [1.29, 1.82) is 0 Å². The molecule has 0 saturated heterocycles. The number of hydrogen-bond donors (Lipinski definition) is 0. The fourth-order valence-electron chi connectivity index (χ4n) is 3.35. The molecule has 0 bridgehead atoms. The second-order valence-corrected chi connectivity index (χ2v) is 6.74. The van der Waals surface area contributed by atoms with Gasteiger partial charge in [0.25, 0.3) is 11.8 Å². The van der Waals surface area contributed by atoms with Gasteiger partial charge in [-0.1, -0.05) is 12.1 Å². The van der Waals surface area contributed by atoms with Gasteiger partial charge >= 0.3 is 0 Å². The number of fused-ring (bicyclic) bond motifs is 1. The Bertz CT molecular complexity index is 960. The first-order valence-corrected chi connectivity index (χ1v) is 9.03. The van der Waals surface area contributed by atoms with Crippen LogP contribution in [0.4, 0.5) is 0 Å². The van der Waals surface area contributed by atoms with Crippen molar-refractivity contribution in [3.63, 3.8) is 0 Å². The van der Waals surface area contributed by atoms with Gasteiger partial charge < -0.3 is 0 Å². The number of benzene rings is 1. The van der Waals surface area contributed by atoms with Gasteiger partial charge in [-0.25, -0.2) is 9.13 Å². The highest BCUT2D eigenvalue weighted by Gasteiger charge is 2.34. The summed E-state index contributed by atoms with van der Waals surface area (Å²) in [5.74, 6) is -0.374. The van der Waals surface area contributed by atoms with Crippen molar-refractivity contribution in [2.75, 3.05) is 6.54 Å². The van der Waals surface area contributed by atoms with Crippen LogP contribution >= 0.6 is 0 Å². The van der Waals surface area contributed by atoms with Crippen LogP contribution in [0.15, 0.2) is 73.3 Å². The molecule has 4 rings (SSSR count). The lowest BCUT2D eigenvalue weighted by atomic mass is 10.1. The van der Waals surface area contributed by atoms with Crippen LogP contribution in [0.25, 0.3) is 11.1 Å². The van der Waals surface area contributed by atoms with E-state index >= 15 is 0 Å². The molecule has 2 amide bonds. The summed E-state index contributed by atoms with van der Waals surface area (Å²) in [7, 11) is 2.00. The summed E-state index contributed by atoms with van der Waals surface area (Å²) in [5.41, 5.74) is 3.35. The van der Waals surface area contributed by atoms with Gasteiger partial charge in [-0.15, -0.1) is 0 Å². The van der Waals surface area contributed by atoms with E-state index in [0.29, 0.717) is 17.7 Å². The number of rotatable bonds is 5. The van der Waals surface area contributed by atoms with Crippen LogP contribution < -0.4 is 9.13 Å². The molecule has 3 heterocycles. The van der Waals surface area contributed by atoms with Gasteiger partial charge in [0.1, 0.15) is 13.6 Å². The minimum atomic E-state index is -0.187. The molecule has 1 aliphatic rings. The molecule has 5 heteroatoms. The highest BCUT2D eigenvalue weighted by molar-refractivity contribution is 6.21. The molecule has 0 aliphatic carbocycles. The second-order valence-electron chi connectivity index (χ2n) is 6.74. The van der Waals surface area contributed by atoms with E-state index in [9.17, 15) is 9.59 Å². The summed E-state index contributed by atoms with van der Waals surface area (Å²) in [4.78, 5) is 26.1. The molecule has 0 unspecified atom stereocenters. The van der Waals surface area contributed by atoms with E-state index in [4.69, 9.17) is 0 Å². The van der Waals surface area contributed by atoms with Crippen molar-refractivity contribution in [2.45, 2.75) is 13.0 Å². The van der Waals surface area contributed by atoms with Crippen LogP contribution in [0.3, 0.4) is 0 Å². The van der Waals surface area contributed by atoms with Crippen LogP contribution in [0.5, 0.6) is 0 Å². The fourth-order valence-corrected chi connectivity index (χ4v) is 3.35. The Morgan fingerprint density at radius 3 is 1.85 bits per heavy atom. The van der Waals surface area contributed by atoms with Crippen LogP contribution in [-0.2, 0) is 13.6 Å². The lowest BCUT2D eigenvalue weighted by Gasteiger charge is -2.12. The molecule has 0 spiro atoms. The second kappa shape index (κ2) is 7.11. The maximum Gasteiger partial charge on any atom is 0.261 e. The average molecular weight is 359 g/mol. The van der Waals surface area contributed by atoms with Crippen LogP contribution in [-0.4, -0.2) is 23.3 Å². The minimum absolute atomic E-state index is 0.187. The summed E-state index contributed by atoms with van der Waals surface area (Å²) < 4.78 is 4.08. The largest absolute Gasteiger partial charge is 0.274 e. The van der Waals surface area contributed by atoms with Crippen molar-refractivity contribution >= 4 is 11.8 Å². The van der Waals surface area contributed by atoms with Gasteiger partial charge in [0.15, 0.2) is 24.8 Å². The van der Waals surface area contributed by atoms with Crippen molar-refractivity contribution in [2.24, 2.45) is 7.05 Å². The zero-order valence-electron chi connectivity index (χ0n) is 15.2. The van der Waals surface area contributed by atoms with E-state index in [1.807, 2.05) is 36.4 Å². The Labute approximate surface area is 158 Å². The summed E-state index contributed by atoms with van der Waals surface area (Å²) >= 11 is 0. The molecule has 27 heavy (non-hydrogen) atoms. The zero-order valence-corrected chi connectivity index (χ0v) is 15.2. The van der Waals surface area contributed by atoms with Crippen LogP contribution in [0, 0.1) is 0 Å². The number of carbonyl (C=O) groups excluding carboxylic acids is 2. The number of amides is 2. The van der Waals surface area contributed by atoms with Crippen molar-refractivity contribution < 1.29 is 18.7 Å². The Morgan fingerprint density at radius 1 is 0.778 bits per heavy atom. The number of imide groups is 1. The first kappa shape index (κ1) is 17.1. The highest BCUT2D eigenvalue weighted by Crippen LogP contribution is 2.22. The van der Waals surface area contributed by atoms with Gasteiger partial charge in [-0.3, -0.25) is 14.5 Å². The van der Waals surface area contributed by atoms with E-state index in [-0.39, 0.29) is 11.8 Å². The number of aryl methyl sites for hydroxylation is 2. The topological polar surface area (TPSA) is 45.1 Å². The molecule has 134 valence electrons. The van der Waals surface area contributed by atoms with Crippen molar-refractivity contribution in [3.05, 3.63) is 84.4 Å². The van der Waals surface area contributed by atoms with E-state index in [0.717, 1.165) is 18.5 Å². The highest BCUT2D eigenvalue weighted by atomic mass is 16.2. The Hall–Kier alpha value is -3.34.